The highest BCUT2D eigenvalue weighted by atomic mass is 16.4. The van der Waals surface area contributed by atoms with Gasteiger partial charge in [0.15, 0.2) is 0 Å². The van der Waals surface area contributed by atoms with Crippen molar-refractivity contribution in [3.8, 4) is 11.1 Å². The van der Waals surface area contributed by atoms with Gasteiger partial charge in [0.25, 0.3) is 5.91 Å². The molecule has 0 heterocycles. The third-order valence-corrected chi connectivity index (χ3v) is 4.41. The zero-order valence-electron chi connectivity index (χ0n) is 15.7. The molecule has 0 aromatic heterocycles. The smallest absolute Gasteiger partial charge is 0.306 e. The van der Waals surface area contributed by atoms with Gasteiger partial charge in [-0.1, -0.05) is 61.5 Å². The molecular formula is C22H24N2O4. The Morgan fingerprint density at radius 3 is 2.21 bits per heavy atom. The molecule has 28 heavy (non-hydrogen) atoms. The molecule has 2 rings (SSSR count). The van der Waals surface area contributed by atoms with Crippen LogP contribution in [0.15, 0.2) is 66.9 Å². The highest BCUT2D eigenvalue weighted by Crippen LogP contribution is 2.20. The van der Waals surface area contributed by atoms with Gasteiger partial charge in [0.2, 0.25) is 5.78 Å². The van der Waals surface area contributed by atoms with Gasteiger partial charge in [-0.05, 0) is 35.7 Å². The topological polar surface area (TPSA) is 109 Å². The van der Waals surface area contributed by atoms with Crippen LogP contribution >= 0.6 is 0 Å². The lowest BCUT2D eigenvalue weighted by Gasteiger charge is -2.20. The van der Waals surface area contributed by atoms with Gasteiger partial charge in [-0.2, -0.15) is 0 Å². The number of amides is 1. The van der Waals surface area contributed by atoms with Crippen molar-refractivity contribution in [3.05, 3.63) is 72.4 Å². The van der Waals surface area contributed by atoms with Gasteiger partial charge in [0, 0.05) is 12.1 Å². The summed E-state index contributed by atoms with van der Waals surface area (Å²) < 4.78 is 0. The van der Waals surface area contributed by atoms with E-state index in [1.54, 1.807) is 6.92 Å². The summed E-state index contributed by atoms with van der Waals surface area (Å²) in [6.07, 6.45) is 2.60. The van der Waals surface area contributed by atoms with Crippen LogP contribution in [0.2, 0.25) is 0 Å². The summed E-state index contributed by atoms with van der Waals surface area (Å²) >= 11 is 0. The Morgan fingerprint density at radius 2 is 1.64 bits per heavy atom. The molecule has 0 saturated carbocycles. The number of carbonyl (C=O) groups is 3. The molecule has 0 aliphatic rings. The summed E-state index contributed by atoms with van der Waals surface area (Å²) in [5.74, 6) is -3.18. The molecule has 1 amide bonds. The van der Waals surface area contributed by atoms with Gasteiger partial charge >= 0.3 is 5.97 Å². The average molecular weight is 380 g/mol. The molecule has 146 valence electrons. The molecule has 0 radical (unpaired) electrons. The number of benzene rings is 2. The van der Waals surface area contributed by atoms with Crippen molar-refractivity contribution in [2.45, 2.75) is 25.8 Å². The number of hydrogen-bond acceptors (Lipinski definition) is 4. The number of ketones is 1. The number of carboxylic acids is 1. The maximum absolute atomic E-state index is 12.0. The minimum atomic E-state index is -0.952. The van der Waals surface area contributed by atoms with Gasteiger partial charge in [0.1, 0.15) is 0 Å². The van der Waals surface area contributed by atoms with Crippen LogP contribution in [-0.2, 0) is 20.8 Å². The minimum Gasteiger partial charge on any atom is -0.481 e. The Bertz CT molecular complexity index is 845. The van der Waals surface area contributed by atoms with Crippen LogP contribution in [-0.4, -0.2) is 28.8 Å². The number of aliphatic carboxylic acids is 1. The number of rotatable bonds is 9. The Labute approximate surface area is 164 Å². The van der Waals surface area contributed by atoms with Gasteiger partial charge in [0.05, 0.1) is 5.92 Å². The zero-order chi connectivity index (χ0) is 20.5. The van der Waals surface area contributed by atoms with E-state index in [1.165, 1.54) is 0 Å². The number of hydrogen-bond donors (Lipinski definition) is 3. The normalized spacial score (nSPS) is 13.0. The first-order valence-electron chi connectivity index (χ1n) is 9.01. The van der Waals surface area contributed by atoms with Crippen molar-refractivity contribution in [1.29, 1.82) is 0 Å². The molecule has 0 unspecified atom stereocenters. The first-order chi connectivity index (χ1) is 13.4. The maximum atomic E-state index is 12.0. The second kappa shape index (κ2) is 10.1. The van der Waals surface area contributed by atoms with Crippen molar-refractivity contribution in [2.24, 2.45) is 11.7 Å². The Morgan fingerprint density at radius 1 is 1.04 bits per heavy atom. The molecule has 4 N–H and O–H groups in total. The number of nitrogens with two attached hydrogens (primary N) is 1. The van der Waals surface area contributed by atoms with Gasteiger partial charge in [-0.25, -0.2) is 0 Å². The van der Waals surface area contributed by atoms with Crippen LogP contribution < -0.4 is 11.1 Å². The molecule has 2 aromatic carbocycles. The second-order valence-electron chi connectivity index (χ2n) is 6.64. The van der Waals surface area contributed by atoms with Crippen LogP contribution in [0.25, 0.3) is 11.1 Å². The van der Waals surface area contributed by atoms with E-state index < -0.39 is 29.6 Å². The standard InChI is InChI=1S/C22H24N2O4/c1-15(22(27)28)13-19(24-21(26)20(25)11-12-23)14-16-7-9-18(10-8-16)17-5-3-2-4-6-17/h2-12,15,19H,13-14,23H2,1H3,(H,24,26)(H,27,28)/t15-,19+/m1/s1. The van der Waals surface area contributed by atoms with E-state index >= 15 is 0 Å². The molecule has 2 aromatic rings. The van der Waals surface area contributed by atoms with E-state index in [0.29, 0.717) is 6.42 Å². The summed E-state index contributed by atoms with van der Waals surface area (Å²) in [5.41, 5.74) is 8.24. The monoisotopic (exact) mass is 380 g/mol. The van der Waals surface area contributed by atoms with Crippen LogP contribution in [0.4, 0.5) is 0 Å². The number of carbonyl (C=O) groups excluding carboxylic acids is 2. The number of carboxylic acid groups (broad SMARTS) is 1. The average Bonchev–Trinajstić information content (AvgIpc) is 2.69. The van der Waals surface area contributed by atoms with E-state index in [0.717, 1.165) is 29.0 Å². The minimum absolute atomic E-state index is 0.209. The predicted octanol–water partition coefficient (Wildman–Crippen LogP) is 2.53. The van der Waals surface area contributed by atoms with Gasteiger partial charge < -0.3 is 16.2 Å². The fourth-order valence-corrected chi connectivity index (χ4v) is 2.89. The van der Waals surface area contributed by atoms with Crippen molar-refractivity contribution in [1.82, 2.24) is 5.32 Å². The summed E-state index contributed by atoms with van der Waals surface area (Å²) in [6, 6.07) is 17.3. The van der Waals surface area contributed by atoms with Crippen LogP contribution in [0.3, 0.4) is 0 Å². The van der Waals surface area contributed by atoms with Crippen LogP contribution in [0.5, 0.6) is 0 Å². The molecule has 6 nitrogen and oxygen atoms in total. The van der Waals surface area contributed by atoms with Crippen LogP contribution in [0.1, 0.15) is 18.9 Å². The zero-order valence-corrected chi connectivity index (χ0v) is 15.7. The summed E-state index contributed by atoms with van der Waals surface area (Å²) in [6.45, 7) is 1.57. The molecule has 0 aliphatic carbocycles. The first-order valence-corrected chi connectivity index (χ1v) is 9.01. The highest BCUT2D eigenvalue weighted by molar-refractivity contribution is 6.40. The summed E-state index contributed by atoms with van der Waals surface area (Å²) in [4.78, 5) is 34.9. The van der Waals surface area contributed by atoms with Crippen molar-refractivity contribution >= 4 is 17.7 Å². The van der Waals surface area contributed by atoms with Crippen molar-refractivity contribution in [3.63, 3.8) is 0 Å². The molecule has 0 aliphatic heterocycles. The third kappa shape index (κ3) is 6.09. The fourth-order valence-electron chi connectivity index (χ4n) is 2.89. The largest absolute Gasteiger partial charge is 0.481 e. The number of nitrogens with one attached hydrogen (secondary N) is 1. The first kappa shape index (κ1) is 20.9. The quantitative estimate of drug-likeness (QED) is 0.457. The van der Waals surface area contributed by atoms with Crippen LogP contribution in [0, 0.1) is 5.92 Å². The predicted molar refractivity (Wildman–Crippen MR) is 107 cm³/mol. The third-order valence-electron chi connectivity index (χ3n) is 4.41. The molecule has 0 fully saturated rings. The fraction of sp³-hybridized carbons (Fsp3) is 0.227. The van der Waals surface area contributed by atoms with E-state index in [1.807, 2.05) is 54.6 Å². The maximum Gasteiger partial charge on any atom is 0.306 e. The molecule has 2 atom stereocenters. The molecule has 0 bridgehead atoms. The summed E-state index contributed by atoms with van der Waals surface area (Å²) in [5, 5.41) is 11.8. The summed E-state index contributed by atoms with van der Waals surface area (Å²) in [7, 11) is 0. The molecule has 0 saturated heterocycles. The van der Waals surface area contributed by atoms with Gasteiger partial charge in [-0.3, -0.25) is 14.4 Å². The van der Waals surface area contributed by atoms with Crippen molar-refractivity contribution < 1.29 is 19.5 Å². The molecule has 0 spiro atoms. The van der Waals surface area contributed by atoms with E-state index in [9.17, 15) is 19.5 Å². The lowest BCUT2D eigenvalue weighted by Crippen LogP contribution is -2.41. The van der Waals surface area contributed by atoms with E-state index in [-0.39, 0.29) is 6.42 Å². The Kier molecular flexibility index (Phi) is 7.51. The molecule has 6 heteroatoms. The SMILES string of the molecule is C[C@H](C[C@@H](Cc1ccc(-c2ccccc2)cc1)NC(=O)C(=O)C=CN)C(=O)O. The van der Waals surface area contributed by atoms with Crippen molar-refractivity contribution in [2.75, 3.05) is 0 Å². The Balaban J connectivity index is 2.13. The van der Waals surface area contributed by atoms with E-state index in [2.05, 4.69) is 5.32 Å². The van der Waals surface area contributed by atoms with Gasteiger partial charge in [-0.15, -0.1) is 0 Å². The van der Waals surface area contributed by atoms with E-state index in [4.69, 9.17) is 5.73 Å². The Hall–Kier alpha value is -3.41. The highest BCUT2D eigenvalue weighted by Gasteiger charge is 2.22. The lowest BCUT2D eigenvalue weighted by atomic mass is 9.95. The lowest BCUT2D eigenvalue weighted by molar-refractivity contribution is -0.142. The molecular weight excluding hydrogens is 356 g/mol. The second-order valence-corrected chi connectivity index (χ2v) is 6.64.